The van der Waals surface area contributed by atoms with Gasteiger partial charge in [0.1, 0.15) is 18.1 Å². The lowest BCUT2D eigenvalue weighted by atomic mass is 10.2. The maximum atomic E-state index is 12.2. The number of rotatable bonds is 5. The van der Waals surface area contributed by atoms with Crippen LogP contribution in [-0.2, 0) is 9.59 Å². The smallest absolute Gasteiger partial charge is 0.245 e. The van der Waals surface area contributed by atoms with Crippen LogP contribution in [0.5, 0.6) is 5.75 Å². The first-order valence-electron chi connectivity index (χ1n) is 7.17. The number of hydrogen-bond acceptors (Lipinski definition) is 5. The van der Waals surface area contributed by atoms with Crippen molar-refractivity contribution in [2.24, 2.45) is 0 Å². The van der Waals surface area contributed by atoms with Gasteiger partial charge in [-0.25, -0.2) is 0 Å². The quantitative estimate of drug-likeness (QED) is 0.895. The van der Waals surface area contributed by atoms with Gasteiger partial charge in [0.15, 0.2) is 5.82 Å². The molecule has 0 unspecified atom stereocenters. The number of hydrogen-bond donors (Lipinski definition) is 1. The highest BCUT2D eigenvalue weighted by molar-refractivity contribution is 6.31. The molecule has 0 fully saturated rings. The summed E-state index contributed by atoms with van der Waals surface area (Å²) in [6.07, 6.45) is 0. The minimum Gasteiger partial charge on any atom is -0.495 e. The summed E-state index contributed by atoms with van der Waals surface area (Å²) in [5, 5.41) is 6.78. The molecule has 0 aliphatic rings. The Bertz CT molecular complexity index is 773. The Labute approximate surface area is 144 Å². The second kappa shape index (κ2) is 7.35. The Kier molecular flexibility index (Phi) is 5.46. The molecule has 24 heavy (non-hydrogen) atoms. The van der Waals surface area contributed by atoms with Crippen LogP contribution in [0.3, 0.4) is 0 Å². The normalized spacial score (nSPS) is 10.4. The second-order valence-electron chi connectivity index (χ2n) is 5.25. The van der Waals surface area contributed by atoms with Crippen LogP contribution in [0.1, 0.15) is 18.2 Å². The van der Waals surface area contributed by atoms with Gasteiger partial charge in [-0.2, -0.15) is 0 Å². The van der Waals surface area contributed by atoms with E-state index in [1.807, 2.05) is 6.92 Å². The SMILES string of the molecule is COc1cc(Cl)c(C)cc1N(CC(=O)Nc1cc(C)on1)C(C)=O. The molecule has 1 aromatic carbocycles. The van der Waals surface area contributed by atoms with Gasteiger partial charge in [-0.3, -0.25) is 14.5 Å². The minimum absolute atomic E-state index is 0.196. The average Bonchev–Trinajstić information content (AvgIpc) is 2.92. The standard InChI is InChI=1S/C16H18ClN3O4/c1-9-5-13(14(23-4)7-12(9)17)20(11(3)21)8-16(22)18-15-6-10(2)24-19-15/h5-7H,8H2,1-4H3,(H,18,19,22). The fraction of sp³-hybridized carbons (Fsp3) is 0.312. The van der Waals surface area contributed by atoms with Crippen LogP contribution >= 0.6 is 11.6 Å². The lowest BCUT2D eigenvalue weighted by Gasteiger charge is -2.23. The molecule has 8 heteroatoms. The minimum atomic E-state index is -0.409. The van der Waals surface area contributed by atoms with Gasteiger partial charge in [0.05, 0.1) is 12.8 Å². The summed E-state index contributed by atoms with van der Waals surface area (Å²) in [7, 11) is 1.47. The fourth-order valence-electron chi connectivity index (χ4n) is 2.14. The number of carbonyl (C=O) groups is 2. The predicted molar refractivity (Wildman–Crippen MR) is 90.6 cm³/mol. The van der Waals surface area contributed by atoms with Gasteiger partial charge < -0.3 is 14.6 Å². The Morgan fingerprint density at radius 3 is 2.58 bits per heavy atom. The van der Waals surface area contributed by atoms with E-state index in [9.17, 15) is 9.59 Å². The van der Waals surface area contributed by atoms with E-state index in [1.54, 1.807) is 25.1 Å². The highest BCUT2D eigenvalue weighted by Gasteiger charge is 2.21. The molecule has 2 amide bonds. The van der Waals surface area contributed by atoms with Gasteiger partial charge in [-0.1, -0.05) is 16.8 Å². The molecule has 0 spiro atoms. The molecule has 1 aromatic heterocycles. The van der Waals surface area contributed by atoms with E-state index >= 15 is 0 Å². The van der Waals surface area contributed by atoms with Crippen molar-refractivity contribution in [2.45, 2.75) is 20.8 Å². The van der Waals surface area contributed by atoms with Gasteiger partial charge in [-0.05, 0) is 25.5 Å². The monoisotopic (exact) mass is 351 g/mol. The molecule has 0 radical (unpaired) electrons. The van der Waals surface area contributed by atoms with E-state index in [0.29, 0.717) is 28.0 Å². The fourth-order valence-corrected chi connectivity index (χ4v) is 2.29. The second-order valence-corrected chi connectivity index (χ2v) is 5.66. The zero-order chi connectivity index (χ0) is 17.9. The number of benzene rings is 1. The molecule has 2 rings (SSSR count). The third-order valence-corrected chi connectivity index (χ3v) is 3.74. The number of nitrogens with one attached hydrogen (secondary N) is 1. The van der Waals surface area contributed by atoms with Crippen molar-refractivity contribution in [3.8, 4) is 5.75 Å². The van der Waals surface area contributed by atoms with E-state index in [-0.39, 0.29) is 12.5 Å². The topological polar surface area (TPSA) is 84.7 Å². The van der Waals surface area contributed by atoms with Crippen molar-refractivity contribution in [1.82, 2.24) is 5.16 Å². The highest BCUT2D eigenvalue weighted by atomic mass is 35.5. The van der Waals surface area contributed by atoms with E-state index in [4.69, 9.17) is 20.9 Å². The van der Waals surface area contributed by atoms with Crippen LogP contribution in [0.25, 0.3) is 0 Å². The molecule has 1 heterocycles. The van der Waals surface area contributed by atoms with E-state index in [0.717, 1.165) is 5.56 Å². The summed E-state index contributed by atoms with van der Waals surface area (Å²) in [6.45, 7) is 4.70. The maximum Gasteiger partial charge on any atom is 0.245 e. The number of nitrogens with zero attached hydrogens (tertiary/aromatic N) is 2. The van der Waals surface area contributed by atoms with Gasteiger partial charge in [-0.15, -0.1) is 0 Å². The Morgan fingerprint density at radius 1 is 1.33 bits per heavy atom. The van der Waals surface area contributed by atoms with Gasteiger partial charge in [0, 0.05) is 24.1 Å². The Balaban J connectivity index is 2.25. The van der Waals surface area contributed by atoms with E-state index < -0.39 is 5.91 Å². The first-order chi connectivity index (χ1) is 11.3. The van der Waals surface area contributed by atoms with E-state index in [2.05, 4.69) is 10.5 Å². The number of anilines is 2. The van der Waals surface area contributed by atoms with Crippen LogP contribution in [0, 0.1) is 13.8 Å². The molecule has 0 saturated carbocycles. The van der Waals surface area contributed by atoms with Crippen molar-refractivity contribution < 1.29 is 18.8 Å². The zero-order valence-electron chi connectivity index (χ0n) is 13.8. The van der Waals surface area contributed by atoms with Crippen LogP contribution in [-0.4, -0.2) is 30.6 Å². The number of aryl methyl sites for hydroxylation is 2. The molecule has 0 aliphatic carbocycles. The molecule has 128 valence electrons. The largest absolute Gasteiger partial charge is 0.495 e. The van der Waals surface area contributed by atoms with Crippen LogP contribution in [0.15, 0.2) is 22.7 Å². The number of carbonyl (C=O) groups excluding carboxylic acids is 2. The number of methoxy groups -OCH3 is 1. The summed E-state index contributed by atoms with van der Waals surface area (Å²) in [6, 6.07) is 4.90. The summed E-state index contributed by atoms with van der Waals surface area (Å²) in [4.78, 5) is 25.5. The highest BCUT2D eigenvalue weighted by Crippen LogP contribution is 2.33. The average molecular weight is 352 g/mol. The number of amides is 2. The van der Waals surface area contributed by atoms with Crippen molar-refractivity contribution >= 4 is 34.9 Å². The van der Waals surface area contributed by atoms with Gasteiger partial charge >= 0.3 is 0 Å². The van der Waals surface area contributed by atoms with E-state index in [1.165, 1.54) is 18.9 Å². The number of ether oxygens (including phenoxy) is 1. The molecule has 0 bridgehead atoms. The molecule has 1 N–H and O–H groups in total. The van der Waals surface area contributed by atoms with Gasteiger partial charge in [0.25, 0.3) is 0 Å². The van der Waals surface area contributed by atoms with Gasteiger partial charge in [0.2, 0.25) is 11.8 Å². The molecular weight excluding hydrogens is 334 g/mol. The number of aromatic nitrogens is 1. The van der Waals surface area contributed by atoms with Crippen LogP contribution in [0.4, 0.5) is 11.5 Å². The molecule has 2 aromatic rings. The third-order valence-electron chi connectivity index (χ3n) is 3.33. The molecule has 0 saturated heterocycles. The van der Waals surface area contributed by atoms with Crippen molar-refractivity contribution in [1.29, 1.82) is 0 Å². The predicted octanol–water partition coefficient (Wildman–Crippen LogP) is 2.95. The third kappa shape index (κ3) is 4.05. The molecular formula is C16H18ClN3O4. The number of halogens is 1. The van der Waals surface area contributed by atoms with Crippen molar-refractivity contribution in [2.75, 3.05) is 23.9 Å². The molecule has 7 nitrogen and oxygen atoms in total. The lowest BCUT2D eigenvalue weighted by molar-refractivity contribution is -0.120. The summed E-state index contributed by atoms with van der Waals surface area (Å²) >= 11 is 6.08. The first-order valence-corrected chi connectivity index (χ1v) is 7.55. The zero-order valence-corrected chi connectivity index (χ0v) is 14.6. The molecule has 0 aliphatic heterocycles. The van der Waals surface area contributed by atoms with Crippen LogP contribution < -0.4 is 15.0 Å². The lowest BCUT2D eigenvalue weighted by Crippen LogP contribution is -2.37. The van der Waals surface area contributed by atoms with Crippen molar-refractivity contribution in [3.63, 3.8) is 0 Å². The maximum absolute atomic E-state index is 12.2. The Morgan fingerprint density at radius 2 is 2.04 bits per heavy atom. The van der Waals surface area contributed by atoms with Crippen molar-refractivity contribution in [3.05, 3.63) is 34.5 Å². The summed E-state index contributed by atoms with van der Waals surface area (Å²) in [5.41, 5.74) is 1.24. The Hall–Kier alpha value is -2.54. The van der Waals surface area contributed by atoms with Crippen LogP contribution in [0.2, 0.25) is 5.02 Å². The summed E-state index contributed by atoms with van der Waals surface area (Å²) < 4.78 is 10.2. The first kappa shape index (κ1) is 17.8. The molecule has 0 atom stereocenters. The summed E-state index contributed by atoms with van der Waals surface area (Å²) in [5.74, 6) is 0.560.